The zero-order chi connectivity index (χ0) is 24.8. The summed E-state index contributed by atoms with van der Waals surface area (Å²) in [6.07, 6.45) is -0.0709. The van der Waals surface area contributed by atoms with Crippen LogP contribution >= 0.6 is 0 Å². The number of para-hydroxylation sites is 1. The molecule has 0 bridgehead atoms. The highest BCUT2D eigenvalue weighted by atomic mass is 16.5. The van der Waals surface area contributed by atoms with Crippen molar-refractivity contribution in [2.45, 2.75) is 13.3 Å². The van der Waals surface area contributed by atoms with Crippen molar-refractivity contribution in [1.29, 1.82) is 0 Å². The maximum atomic E-state index is 13.3. The topological polar surface area (TPSA) is 97.7 Å². The van der Waals surface area contributed by atoms with Gasteiger partial charge in [-0.15, -0.1) is 0 Å². The summed E-state index contributed by atoms with van der Waals surface area (Å²) in [5.41, 5.74) is 4.18. The van der Waals surface area contributed by atoms with Gasteiger partial charge in [-0.05, 0) is 67.6 Å². The molecule has 0 unspecified atom stereocenters. The fourth-order valence-corrected chi connectivity index (χ4v) is 3.67. The Morgan fingerprint density at radius 3 is 2.17 bits per heavy atom. The molecule has 0 saturated heterocycles. The second kappa shape index (κ2) is 10.6. The number of methoxy groups -OCH3 is 2. The smallest absolute Gasteiger partial charge is 0.311 e. The normalized spacial score (nSPS) is 11.2. The first-order chi connectivity index (χ1) is 17.0. The Kier molecular flexibility index (Phi) is 7.11. The van der Waals surface area contributed by atoms with Crippen LogP contribution in [0.15, 0.2) is 88.6 Å². The van der Waals surface area contributed by atoms with E-state index in [1.807, 2.05) is 78.9 Å². The van der Waals surface area contributed by atoms with E-state index in [9.17, 15) is 9.59 Å². The average molecular weight is 471 g/mol. The van der Waals surface area contributed by atoms with Gasteiger partial charge in [0, 0.05) is 11.4 Å². The Labute approximate surface area is 202 Å². The molecule has 178 valence electrons. The average Bonchev–Trinajstić information content (AvgIpc) is 3.21. The number of aliphatic imine (C=N–C) groups is 1. The van der Waals surface area contributed by atoms with Crippen LogP contribution in [-0.4, -0.2) is 35.7 Å². The summed E-state index contributed by atoms with van der Waals surface area (Å²) < 4.78 is 11.4. The minimum Gasteiger partial charge on any atom is -0.497 e. The molecule has 3 aromatic carbocycles. The molecule has 1 aromatic heterocycles. The second-order valence-corrected chi connectivity index (χ2v) is 7.79. The molecule has 8 heteroatoms. The standard InChI is InChI=1S/C27H26N4O4/c1-18(28-19-9-11-20(12-10-19)29-21-13-15-23(34-2)16-14-21)26-24(17-25(32)35-3)30-31(27(26)33)22-7-5-4-6-8-22/h4-16,29-30H,17H2,1-3H3. The number of carbonyl (C=O) groups is 1. The number of esters is 1. The fourth-order valence-electron chi connectivity index (χ4n) is 3.67. The third-order valence-electron chi connectivity index (χ3n) is 5.43. The van der Waals surface area contributed by atoms with Crippen LogP contribution < -0.4 is 15.6 Å². The van der Waals surface area contributed by atoms with Crippen LogP contribution in [0, 0.1) is 0 Å². The van der Waals surface area contributed by atoms with Crippen molar-refractivity contribution in [3.05, 3.63) is 100 Å². The van der Waals surface area contributed by atoms with Crippen molar-refractivity contribution in [2.75, 3.05) is 19.5 Å². The summed E-state index contributed by atoms with van der Waals surface area (Å²) in [5, 5.41) is 6.37. The number of aromatic nitrogens is 2. The second-order valence-electron chi connectivity index (χ2n) is 7.79. The first kappa shape index (κ1) is 23.6. The Morgan fingerprint density at radius 2 is 1.57 bits per heavy atom. The summed E-state index contributed by atoms with van der Waals surface area (Å²) in [6.45, 7) is 1.75. The summed E-state index contributed by atoms with van der Waals surface area (Å²) in [5.74, 6) is 0.341. The molecular formula is C27H26N4O4. The molecule has 0 saturated carbocycles. The van der Waals surface area contributed by atoms with Gasteiger partial charge < -0.3 is 14.8 Å². The molecule has 4 rings (SSSR count). The predicted molar refractivity (Wildman–Crippen MR) is 137 cm³/mol. The fraction of sp³-hybridized carbons (Fsp3) is 0.148. The zero-order valence-corrected chi connectivity index (χ0v) is 19.7. The minimum atomic E-state index is -0.450. The van der Waals surface area contributed by atoms with Crippen molar-refractivity contribution < 1.29 is 14.3 Å². The van der Waals surface area contributed by atoms with E-state index in [2.05, 4.69) is 15.4 Å². The van der Waals surface area contributed by atoms with Crippen molar-refractivity contribution in [1.82, 2.24) is 9.78 Å². The number of aromatic amines is 1. The lowest BCUT2D eigenvalue weighted by atomic mass is 10.1. The van der Waals surface area contributed by atoms with Crippen LogP contribution in [0.2, 0.25) is 0 Å². The molecule has 0 radical (unpaired) electrons. The molecule has 0 amide bonds. The van der Waals surface area contributed by atoms with Gasteiger partial charge in [-0.25, -0.2) is 4.68 Å². The lowest BCUT2D eigenvalue weighted by Crippen LogP contribution is -2.20. The molecule has 1 heterocycles. The third-order valence-corrected chi connectivity index (χ3v) is 5.43. The van der Waals surface area contributed by atoms with Crippen LogP contribution in [0.25, 0.3) is 5.69 Å². The molecule has 0 aliphatic rings. The van der Waals surface area contributed by atoms with E-state index in [0.29, 0.717) is 28.3 Å². The number of ether oxygens (including phenoxy) is 2. The minimum absolute atomic E-state index is 0.0709. The molecule has 4 aromatic rings. The number of hydrogen-bond acceptors (Lipinski definition) is 6. The molecule has 35 heavy (non-hydrogen) atoms. The number of benzene rings is 3. The van der Waals surface area contributed by atoms with Gasteiger partial charge in [-0.1, -0.05) is 18.2 Å². The van der Waals surface area contributed by atoms with Gasteiger partial charge in [0.05, 0.1) is 49.0 Å². The lowest BCUT2D eigenvalue weighted by Gasteiger charge is -2.08. The van der Waals surface area contributed by atoms with Gasteiger partial charge in [0.1, 0.15) is 5.75 Å². The Bertz CT molecular complexity index is 1390. The highest BCUT2D eigenvalue weighted by Crippen LogP contribution is 2.23. The van der Waals surface area contributed by atoms with Gasteiger partial charge in [-0.3, -0.25) is 19.7 Å². The number of H-pyrrole nitrogens is 1. The van der Waals surface area contributed by atoms with Crippen LogP contribution in [0.1, 0.15) is 18.2 Å². The molecule has 0 aliphatic carbocycles. The van der Waals surface area contributed by atoms with E-state index in [-0.39, 0.29) is 12.0 Å². The van der Waals surface area contributed by atoms with Crippen molar-refractivity contribution in [3.63, 3.8) is 0 Å². The first-order valence-electron chi connectivity index (χ1n) is 11.0. The lowest BCUT2D eigenvalue weighted by molar-refractivity contribution is -0.139. The monoisotopic (exact) mass is 470 g/mol. The number of carbonyl (C=O) groups excluding carboxylic acids is 1. The quantitative estimate of drug-likeness (QED) is 0.285. The molecule has 0 fully saturated rings. The van der Waals surface area contributed by atoms with Gasteiger partial charge in [0.2, 0.25) is 0 Å². The van der Waals surface area contributed by atoms with Crippen molar-refractivity contribution >= 4 is 28.7 Å². The maximum absolute atomic E-state index is 13.3. The molecule has 0 atom stereocenters. The number of nitrogens with zero attached hydrogens (tertiary/aromatic N) is 2. The maximum Gasteiger partial charge on any atom is 0.311 e. The number of rotatable bonds is 8. The van der Waals surface area contributed by atoms with Gasteiger partial charge in [-0.2, -0.15) is 0 Å². The van der Waals surface area contributed by atoms with E-state index in [1.54, 1.807) is 14.0 Å². The summed E-state index contributed by atoms with van der Waals surface area (Å²) in [7, 11) is 2.95. The summed E-state index contributed by atoms with van der Waals surface area (Å²) >= 11 is 0. The van der Waals surface area contributed by atoms with Crippen LogP contribution in [0.4, 0.5) is 17.1 Å². The highest BCUT2D eigenvalue weighted by Gasteiger charge is 2.20. The van der Waals surface area contributed by atoms with Gasteiger partial charge in [0.25, 0.3) is 5.56 Å². The van der Waals surface area contributed by atoms with E-state index in [0.717, 1.165) is 17.1 Å². The Balaban J connectivity index is 1.62. The Morgan fingerprint density at radius 1 is 0.943 bits per heavy atom. The SMILES string of the molecule is COC(=O)Cc1[nH]n(-c2ccccc2)c(=O)c1C(C)=Nc1ccc(Nc2ccc(OC)cc2)cc1. The van der Waals surface area contributed by atoms with E-state index >= 15 is 0 Å². The zero-order valence-electron chi connectivity index (χ0n) is 19.7. The van der Waals surface area contributed by atoms with Crippen LogP contribution in [-0.2, 0) is 16.0 Å². The van der Waals surface area contributed by atoms with E-state index in [1.165, 1.54) is 11.8 Å². The van der Waals surface area contributed by atoms with Crippen molar-refractivity contribution in [3.8, 4) is 11.4 Å². The van der Waals surface area contributed by atoms with Crippen LogP contribution in [0.5, 0.6) is 5.75 Å². The number of nitrogens with one attached hydrogen (secondary N) is 2. The van der Waals surface area contributed by atoms with Crippen molar-refractivity contribution in [2.24, 2.45) is 4.99 Å². The Hall–Kier alpha value is -4.59. The summed E-state index contributed by atoms with van der Waals surface area (Å²) in [4.78, 5) is 29.9. The molecule has 0 spiro atoms. The van der Waals surface area contributed by atoms with Gasteiger partial charge >= 0.3 is 5.97 Å². The number of hydrogen-bond donors (Lipinski definition) is 2. The molecule has 8 nitrogen and oxygen atoms in total. The first-order valence-corrected chi connectivity index (χ1v) is 11.0. The summed E-state index contributed by atoms with van der Waals surface area (Å²) in [6, 6.07) is 24.3. The van der Waals surface area contributed by atoms with E-state index < -0.39 is 5.97 Å². The number of anilines is 2. The van der Waals surface area contributed by atoms with E-state index in [4.69, 9.17) is 9.47 Å². The molecule has 0 aliphatic heterocycles. The van der Waals surface area contributed by atoms with Crippen LogP contribution in [0.3, 0.4) is 0 Å². The molecule has 2 N–H and O–H groups in total. The predicted octanol–water partition coefficient (Wildman–Crippen LogP) is 4.77. The third kappa shape index (κ3) is 5.50. The molecular weight excluding hydrogens is 444 g/mol. The van der Waals surface area contributed by atoms with Gasteiger partial charge in [0.15, 0.2) is 0 Å². The highest BCUT2D eigenvalue weighted by molar-refractivity contribution is 6.01. The largest absolute Gasteiger partial charge is 0.497 e.